The van der Waals surface area contributed by atoms with Crippen LogP contribution in [0.4, 0.5) is 5.69 Å². The van der Waals surface area contributed by atoms with Crippen LogP contribution < -0.4 is 14.4 Å². The van der Waals surface area contributed by atoms with Crippen LogP contribution in [0.3, 0.4) is 0 Å². The van der Waals surface area contributed by atoms with Gasteiger partial charge in [0.15, 0.2) is 0 Å². The number of carbonyl (C=O) groups excluding carboxylic acids is 2. The van der Waals surface area contributed by atoms with Crippen molar-refractivity contribution in [3.63, 3.8) is 0 Å². The van der Waals surface area contributed by atoms with E-state index in [1.165, 1.54) is 17.0 Å². The number of nitrogens with one attached hydrogen (secondary N) is 1. The number of nitrogens with zero attached hydrogens (tertiary/aromatic N) is 2. The van der Waals surface area contributed by atoms with E-state index in [4.69, 9.17) is 27.9 Å². The summed E-state index contributed by atoms with van der Waals surface area (Å²) < 4.78 is 34.9. The van der Waals surface area contributed by atoms with E-state index in [2.05, 4.69) is 5.32 Å². The van der Waals surface area contributed by atoms with Gasteiger partial charge in [0.2, 0.25) is 11.8 Å². The molecule has 0 aliphatic rings. The highest BCUT2D eigenvalue weighted by atomic mass is 35.5. The molecule has 0 aromatic heterocycles. The van der Waals surface area contributed by atoms with E-state index < -0.39 is 28.5 Å². The van der Waals surface area contributed by atoms with Crippen LogP contribution in [-0.4, -0.2) is 50.9 Å². The van der Waals surface area contributed by atoms with E-state index in [1.54, 1.807) is 68.4 Å². The van der Waals surface area contributed by atoms with E-state index in [1.807, 2.05) is 20.8 Å². The van der Waals surface area contributed by atoms with Gasteiger partial charge >= 0.3 is 0 Å². The molecule has 0 aliphatic heterocycles. The zero-order chi connectivity index (χ0) is 31.0. The maximum atomic E-state index is 14.1. The van der Waals surface area contributed by atoms with Crippen LogP contribution in [0.15, 0.2) is 71.6 Å². The van der Waals surface area contributed by atoms with Gasteiger partial charge in [-0.05, 0) is 68.7 Å². The minimum absolute atomic E-state index is 0.0159. The number of rotatable bonds is 13. The molecule has 42 heavy (non-hydrogen) atoms. The number of halogens is 2. The lowest BCUT2D eigenvalue weighted by Gasteiger charge is -2.32. The molecule has 0 heterocycles. The first-order valence-corrected chi connectivity index (χ1v) is 15.9. The van der Waals surface area contributed by atoms with Gasteiger partial charge in [-0.3, -0.25) is 13.9 Å². The SMILES string of the molecule is CCOc1ccccc1N(CC(=O)N(Cc1ccc(Cl)cc1Cl)[C@H](C)C(=O)NCC(C)C)S(=O)(=O)c1ccc(C)cc1. The van der Waals surface area contributed by atoms with Crippen molar-refractivity contribution in [2.24, 2.45) is 5.92 Å². The maximum absolute atomic E-state index is 14.1. The predicted molar refractivity (Wildman–Crippen MR) is 168 cm³/mol. The molecule has 0 spiro atoms. The van der Waals surface area contributed by atoms with Crippen LogP contribution in [0.5, 0.6) is 5.75 Å². The summed E-state index contributed by atoms with van der Waals surface area (Å²) in [6.07, 6.45) is 0. The summed E-state index contributed by atoms with van der Waals surface area (Å²) in [5, 5.41) is 3.60. The second-order valence-corrected chi connectivity index (χ2v) is 13.0. The first-order chi connectivity index (χ1) is 19.8. The Morgan fingerprint density at radius 3 is 2.26 bits per heavy atom. The fourth-order valence-electron chi connectivity index (χ4n) is 4.16. The van der Waals surface area contributed by atoms with Gasteiger partial charge in [0, 0.05) is 23.1 Å². The highest BCUT2D eigenvalue weighted by Gasteiger charge is 2.34. The Morgan fingerprint density at radius 2 is 1.64 bits per heavy atom. The standard InChI is InChI=1S/C31H37Cl2N3O5S/c1-6-41-29-10-8-7-9-28(29)36(42(39,40)26-15-11-22(4)12-16-26)20-30(37)35(23(5)31(38)34-18-21(2)3)19-24-13-14-25(32)17-27(24)33/h7-17,21,23H,6,18-20H2,1-5H3,(H,34,38)/t23-/m1/s1. The molecule has 0 fully saturated rings. The van der Waals surface area contributed by atoms with Gasteiger partial charge < -0.3 is 15.0 Å². The molecule has 0 radical (unpaired) electrons. The quantitative estimate of drug-likeness (QED) is 0.246. The van der Waals surface area contributed by atoms with Crippen LogP contribution in [0, 0.1) is 12.8 Å². The van der Waals surface area contributed by atoms with Crippen LogP contribution >= 0.6 is 23.2 Å². The number of amides is 2. The normalized spacial score (nSPS) is 12.1. The zero-order valence-electron chi connectivity index (χ0n) is 24.4. The van der Waals surface area contributed by atoms with Gasteiger partial charge in [0.25, 0.3) is 10.0 Å². The van der Waals surface area contributed by atoms with Gasteiger partial charge in [-0.2, -0.15) is 0 Å². The zero-order valence-corrected chi connectivity index (χ0v) is 26.8. The third kappa shape index (κ3) is 8.40. The summed E-state index contributed by atoms with van der Waals surface area (Å²) in [4.78, 5) is 28.6. The molecule has 0 saturated carbocycles. The molecular weight excluding hydrogens is 597 g/mol. The molecule has 0 aliphatic carbocycles. The summed E-state index contributed by atoms with van der Waals surface area (Å²) in [5.41, 5.74) is 1.65. The number of ether oxygens (including phenoxy) is 1. The fraction of sp³-hybridized carbons (Fsp3) is 0.355. The monoisotopic (exact) mass is 633 g/mol. The average molecular weight is 635 g/mol. The number of anilines is 1. The molecule has 3 aromatic carbocycles. The Balaban J connectivity index is 2.09. The first-order valence-electron chi connectivity index (χ1n) is 13.7. The lowest BCUT2D eigenvalue weighted by molar-refractivity contribution is -0.139. The minimum atomic E-state index is -4.23. The van der Waals surface area contributed by atoms with E-state index in [0.29, 0.717) is 27.9 Å². The first kappa shape index (κ1) is 33.2. The number of sulfonamides is 1. The lowest BCUT2D eigenvalue weighted by atomic mass is 10.1. The Labute approximate surface area is 258 Å². The Kier molecular flexibility index (Phi) is 11.7. The Morgan fingerprint density at radius 1 is 0.976 bits per heavy atom. The molecule has 3 rings (SSSR count). The van der Waals surface area contributed by atoms with Crippen molar-refractivity contribution in [2.75, 3.05) is 24.0 Å². The minimum Gasteiger partial charge on any atom is -0.492 e. The van der Waals surface area contributed by atoms with Crippen molar-refractivity contribution in [3.8, 4) is 5.75 Å². The van der Waals surface area contributed by atoms with Crippen molar-refractivity contribution < 1.29 is 22.7 Å². The molecule has 1 N–H and O–H groups in total. The van der Waals surface area contributed by atoms with E-state index in [0.717, 1.165) is 9.87 Å². The van der Waals surface area contributed by atoms with Gasteiger partial charge in [-0.15, -0.1) is 0 Å². The molecule has 1 atom stereocenters. The number of carbonyl (C=O) groups is 2. The number of hydrogen-bond donors (Lipinski definition) is 1. The summed E-state index contributed by atoms with van der Waals surface area (Å²) in [6, 6.07) is 16.9. The largest absolute Gasteiger partial charge is 0.492 e. The van der Waals surface area contributed by atoms with Crippen LogP contribution in [0.2, 0.25) is 10.0 Å². The molecular formula is C31H37Cl2N3O5S. The predicted octanol–water partition coefficient (Wildman–Crippen LogP) is 6.09. The van der Waals surface area contributed by atoms with Gasteiger partial charge in [0.1, 0.15) is 18.3 Å². The van der Waals surface area contributed by atoms with Crippen LogP contribution in [0.25, 0.3) is 0 Å². The number of hydrogen-bond acceptors (Lipinski definition) is 5. The summed E-state index contributed by atoms with van der Waals surface area (Å²) in [6.45, 7) is 9.24. The highest BCUT2D eigenvalue weighted by Crippen LogP contribution is 2.33. The van der Waals surface area contributed by atoms with Crippen molar-refractivity contribution in [3.05, 3.63) is 87.9 Å². The van der Waals surface area contributed by atoms with E-state index in [-0.39, 0.29) is 35.6 Å². The number of para-hydroxylation sites is 2. The van der Waals surface area contributed by atoms with Gasteiger partial charge in [-0.1, -0.05) is 72.9 Å². The van der Waals surface area contributed by atoms with Crippen LogP contribution in [0.1, 0.15) is 38.8 Å². The second kappa shape index (κ2) is 14.8. The van der Waals surface area contributed by atoms with E-state index >= 15 is 0 Å². The van der Waals surface area contributed by atoms with E-state index in [9.17, 15) is 18.0 Å². The molecule has 0 unspecified atom stereocenters. The lowest BCUT2D eigenvalue weighted by Crippen LogP contribution is -2.51. The van der Waals surface area contributed by atoms with Crippen LogP contribution in [-0.2, 0) is 26.2 Å². The Hall–Kier alpha value is -3.27. The van der Waals surface area contributed by atoms with Gasteiger partial charge in [-0.25, -0.2) is 8.42 Å². The molecule has 226 valence electrons. The third-order valence-corrected chi connectivity index (χ3v) is 8.89. The summed E-state index contributed by atoms with van der Waals surface area (Å²) in [5.74, 6) is -0.472. The molecule has 0 bridgehead atoms. The van der Waals surface area contributed by atoms with Crippen molar-refractivity contribution >= 4 is 50.7 Å². The Bertz CT molecular complexity index is 1500. The number of benzene rings is 3. The average Bonchev–Trinajstić information content (AvgIpc) is 2.94. The third-order valence-electron chi connectivity index (χ3n) is 6.53. The summed E-state index contributed by atoms with van der Waals surface area (Å²) in [7, 11) is -4.23. The molecule has 2 amide bonds. The molecule has 3 aromatic rings. The summed E-state index contributed by atoms with van der Waals surface area (Å²) >= 11 is 12.5. The van der Waals surface area contributed by atoms with Crippen molar-refractivity contribution in [1.82, 2.24) is 10.2 Å². The molecule has 11 heteroatoms. The van der Waals surface area contributed by atoms with Crippen molar-refractivity contribution in [1.29, 1.82) is 0 Å². The second-order valence-electron chi connectivity index (χ2n) is 10.3. The molecule has 0 saturated heterocycles. The topological polar surface area (TPSA) is 96.0 Å². The maximum Gasteiger partial charge on any atom is 0.264 e. The fourth-order valence-corrected chi connectivity index (χ4v) is 6.05. The molecule has 8 nitrogen and oxygen atoms in total. The highest BCUT2D eigenvalue weighted by molar-refractivity contribution is 7.92. The smallest absolute Gasteiger partial charge is 0.264 e. The number of aryl methyl sites for hydroxylation is 1. The van der Waals surface area contributed by atoms with Gasteiger partial charge in [0.05, 0.1) is 17.2 Å². The van der Waals surface area contributed by atoms with Crippen molar-refractivity contribution in [2.45, 2.75) is 52.1 Å².